The number of benzene rings is 1. The molecule has 0 heterocycles. The van der Waals surface area contributed by atoms with Crippen LogP contribution in [0, 0.1) is 15.5 Å². The van der Waals surface area contributed by atoms with E-state index >= 15 is 0 Å². The highest BCUT2D eigenvalue weighted by molar-refractivity contribution is 7.90. The Labute approximate surface area is 120 Å². The zero-order valence-electron chi connectivity index (χ0n) is 11.0. The van der Waals surface area contributed by atoms with Crippen molar-refractivity contribution in [3.63, 3.8) is 0 Å². The topological polar surface area (TPSA) is 147 Å². The molecule has 10 heteroatoms. The van der Waals surface area contributed by atoms with E-state index in [1.165, 1.54) is 6.92 Å². The molecule has 1 rings (SSSR count). The normalized spacial score (nSPS) is 12.0. The number of non-ortho nitro benzene ring substituents is 1. The van der Waals surface area contributed by atoms with E-state index in [0.717, 1.165) is 24.3 Å². The first-order valence-corrected chi connectivity index (χ1v) is 7.18. The van der Waals surface area contributed by atoms with Crippen molar-refractivity contribution in [1.82, 2.24) is 4.72 Å². The van der Waals surface area contributed by atoms with Gasteiger partial charge in [0.15, 0.2) is 0 Å². The van der Waals surface area contributed by atoms with Crippen molar-refractivity contribution in [3.05, 3.63) is 34.4 Å². The number of aliphatic hydroxyl groups excluding tert-OH is 2. The Morgan fingerprint density at radius 3 is 2.43 bits per heavy atom. The molecule has 0 aromatic heterocycles. The lowest BCUT2D eigenvalue weighted by molar-refractivity contribution is -0.385. The van der Waals surface area contributed by atoms with E-state index in [1.54, 1.807) is 4.72 Å². The number of aliphatic hydroxyl groups is 2. The molecule has 9 nitrogen and oxygen atoms in total. The highest BCUT2D eigenvalue weighted by atomic mass is 32.2. The van der Waals surface area contributed by atoms with Crippen molar-refractivity contribution < 1.29 is 28.3 Å². The van der Waals surface area contributed by atoms with Gasteiger partial charge in [-0.2, -0.15) is 0 Å². The van der Waals surface area contributed by atoms with E-state index in [9.17, 15) is 23.3 Å². The van der Waals surface area contributed by atoms with Gasteiger partial charge in [0, 0.05) is 12.1 Å². The molecular formula is C11H14N2O7S. The van der Waals surface area contributed by atoms with E-state index in [-0.39, 0.29) is 0 Å². The van der Waals surface area contributed by atoms with Crippen LogP contribution in [0.4, 0.5) is 5.69 Å². The summed E-state index contributed by atoms with van der Waals surface area (Å²) >= 11 is 0. The summed E-state index contributed by atoms with van der Waals surface area (Å²) in [4.78, 5) is 21.2. The summed E-state index contributed by atoms with van der Waals surface area (Å²) in [6.45, 7) is -0.356. The average molecular weight is 318 g/mol. The molecule has 0 saturated heterocycles. The first kappa shape index (κ1) is 17.0. The summed E-state index contributed by atoms with van der Waals surface area (Å²) in [5.74, 6) is -1.11. The van der Waals surface area contributed by atoms with E-state index in [0.29, 0.717) is 0 Å². The number of rotatable bonds is 6. The Balaban J connectivity index is 3.10. The number of carbonyl (C=O) groups excluding carboxylic acids is 1. The number of hydrogen-bond acceptors (Lipinski definition) is 7. The quantitative estimate of drug-likeness (QED) is 0.468. The average Bonchev–Trinajstić information content (AvgIpc) is 2.45. The molecule has 21 heavy (non-hydrogen) atoms. The number of nitrogens with one attached hydrogen (secondary N) is 1. The predicted octanol–water partition coefficient (Wildman–Crippen LogP) is -0.609. The van der Waals surface area contributed by atoms with Crippen LogP contribution in [0.15, 0.2) is 29.2 Å². The Bertz CT molecular complexity index is 652. The maximum Gasteiger partial charge on any atom is 0.270 e. The van der Waals surface area contributed by atoms with Crippen molar-refractivity contribution in [1.29, 1.82) is 0 Å². The van der Waals surface area contributed by atoms with Gasteiger partial charge in [0.05, 0.1) is 28.4 Å². The molecule has 0 radical (unpaired) electrons. The molecule has 3 N–H and O–H groups in total. The smallest absolute Gasteiger partial charge is 0.270 e. The van der Waals surface area contributed by atoms with Gasteiger partial charge in [0.25, 0.3) is 15.7 Å². The molecule has 0 saturated carbocycles. The minimum atomic E-state index is -4.35. The third-order valence-corrected chi connectivity index (χ3v) is 4.14. The molecule has 1 aromatic rings. The lowest BCUT2D eigenvalue weighted by Crippen LogP contribution is -2.46. The Morgan fingerprint density at radius 2 is 1.95 bits per heavy atom. The molecule has 1 aromatic carbocycles. The van der Waals surface area contributed by atoms with Crippen LogP contribution in [0.2, 0.25) is 0 Å². The molecule has 0 aliphatic rings. The molecule has 1 amide bonds. The fourth-order valence-corrected chi connectivity index (χ4v) is 2.40. The standard InChI is InChI=1S/C11H14N2O7S/c1-11(6-14,7-15)10(16)12-21(19,20)9-4-2-3-8(5-9)13(17)18/h2-5,14-15H,6-7H2,1H3,(H,12,16). The third kappa shape index (κ3) is 3.74. The molecule has 0 atom stereocenters. The van der Waals surface area contributed by atoms with E-state index < -0.39 is 50.1 Å². The Kier molecular flexibility index (Phi) is 4.99. The van der Waals surface area contributed by atoms with Crippen LogP contribution in [0.3, 0.4) is 0 Å². The van der Waals surface area contributed by atoms with E-state index in [2.05, 4.69) is 0 Å². The van der Waals surface area contributed by atoms with Crippen molar-refractivity contribution in [2.24, 2.45) is 5.41 Å². The molecule has 0 bridgehead atoms. The van der Waals surface area contributed by atoms with Crippen LogP contribution >= 0.6 is 0 Å². The van der Waals surface area contributed by atoms with Crippen LogP contribution in [-0.2, 0) is 14.8 Å². The number of hydrogen-bond donors (Lipinski definition) is 3. The molecule has 0 aliphatic carbocycles. The van der Waals surface area contributed by atoms with Gasteiger partial charge in [0.1, 0.15) is 0 Å². The SMILES string of the molecule is CC(CO)(CO)C(=O)NS(=O)(=O)c1cccc([N+](=O)[O-])c1. The van der Waals surface area contributed by atoms with Gasteiger partial charge in [-0.1, -0.05) is 6.07 Å². The first-order chi connectivity index (χ1) is 9.66. The van der Waals surface area contributed by atoms with Crippen LogP contribution < -0.4 is 4.72 Å². The number of carbonyl (C=O) groups is 1. The summed E-state index contributed by atoms with van der Waals surface area (Å²) < 4.78 is 25.6. The fourth-order valence-electron chi connectivity index (χ4n) is 1.26. The van der Waals surface area contributed by atoms with E-state index in [4.69, 9.17) is 10.2 Å². The van der Waals surface area contributed by atoms with Gasteiger partial charge in [-0.3, -0.25) is 14.9 Å². The summed E-state index contributed by atoms with van der Waals surface area (Å²) in [5.41, 5.74) is -2.13. The second-order valence-electron chi connectivity index (χ2n) is 4.57. The van der Waals surface area contributed by atoms with Crippen LogP contribution in [-0.4, -0.2) is 42.7 Å². The minimum Gasteiger partial charge on any atom is -0.395 e. The molecule has 0 spiro atoms. The fraction of sp³-hybridized carbons (Fsp3) is 0.364. The maximum absolute atomic E-state index is 12.0. The van der Waals surface area contributed by atoms with Gasteiger partial charge >= 0.3 is 0 Å². The van der Waals surface area contributed by atoms with Crippen LogP contribution in [0.1, 0.15) is 6.92 Å². The summed E-state index contributed by atoms with van der Waals surface area (Å²) in [5, 5.41) is 28.7. The van der Waals surface area contributed by atoms with Crippen molar-refractivity contribution >= 4 is 21.6 Å². The number of amides is 1. The summed E-state index contributed by atoms with van der Waals surface area (Å²) in [7, 11) is -4.35. The zero-order valence-corrected chi connectivity index (χ0v) is 11.8. The molecule has 0 unspecified atom stereocenters. The highest BCUT2D eigenvalue weighted by Gasteiger charge is 2.35. The highest BCUT2D eigenvalue weighted by Crippen LogP contribution is 2.19. The number of nitrogens with zero attached hydrogens (tertiary/aromatic N) is 1. The predicted molar refractivity (Wildman–Crippen MR) is 70.7 cm³/mol. The summed E-state index contributed by atoms with van der Waals surface area (Å²) in [6.07, 6.45) is 0. The lowest BCUT2D eigenvalue weighted by atomic mass is 9.92. The van der Waals surface area contributed by atoms with Crippen LogP contribution in [0.25, 0.3) is 0 Å². The lowest BCUT2D eigenvalue weighted by Gasteiger charge is -2.22. The Morgan fingerprint density at radius 1 is 1.38 bits per heavy atom. The number of sulfonamides is 1. The molecular weight excluding hydrogens is 304 g/mol. The largest absolute Gasteiger partial charge is 0.395 e. The van der Waals surface area contributed by atoms with Gasteiger partial charge in [0.2, 0.25) is 5.91 Å². The minimum absolute atomic E-state index is 0.447. The van der Waals surface area contributed by atoms with Gasteiger partial charge < -0.3 is 10.2 Å². The third-order valence-electron chi connectivity index (χ3n) is 2.81. The van der Waals surface area contributed by atoms with Gasteiger partial charge in [-0.25, -0.2) is 13.1 Å². The Hall–Kier alpha value is -2.04. The molecule has 116 valence electrons. The first-order valence-electron chi connectivity index (χ1n) is 5.70. The number of nitro benzene ring substituents is 1. The number of nitro groups is 1. The van der Waals surface area contributed by atoms with Crippen molar-refractivity contribution in [2.75, 3.05) is 13.2 Å². The van der Waals surface area contributed by atoms with Gasteiger partial charge in [-0.05, 0) is 13.0 Å². The second kappa shape index (κ2) is 6.16. The van der Waals surface area contributed by atoms with Gasteiger partial charge in [-0.15, -0.1) is 0 Å². The summed E-state index contributed by atoms with van der Waals surface area (Å²) in [6, 6.07) is 4.14. The second-order valence-corrected chi connectivity index (χ2v) is 6.25. The van der Waals surface area contributed by atoms with Crippen LogP contribution in [0.5, 0.6) is 0 Å². The monoisotopic (exact) mass is 318 g/mol. The van der Waals surface area contributed by atoms with Crippen molar-refractivity contribution in [2.45, 2.75) is 11.8 Å². The van der Waals surface area contributed by atoms with Crippen molar-refractivity contribution in [3.8, 4) is 0 Å². The maximum atomic E-state index is 12.0. The van der Waals surface area contributed by atoms with E-state index in [1.807, 2.05) is 0 Å². The molecule has 0 aliphatic heterocycles. The zero-order chi connectivity index (χ0) is 16.3. The molecule has 0 fully saturated rings.